The molecule has 210 valence electrons. The number of nitrogens with zero attached hydrogens (tertiary/aromatic N) is 1. The molecule has 0 aliphatic heterocycles. The first-order valence-electron chi connectivity index (χ1n) is 13.7. The SMILES string of the molecule is CCCCCCOCc1c(C(C)C)nc(C(C)C)c(C=CC(O)CC(O)CC(=O)O)c1-c1ccc(F)cc1. The van der Waals surface area contributed by atoms with Gasteiger partial charge < -0.3 is 20.1 Å². The Bertz CT molecular complexity index is 1050. The van der Waals surface area contributed by atoms with Crippen molar-refractivity contribution in [2.45, 2.75) is 104 Å². The molecular formula is C31H44FNO5. The minimum atomic E-state index is -1.16. The smallest absolute Gasteiger partial charge is 0.305 e. The molecule has 3 N–H and O–H groups in total. The normalized spacial score (nSPS) is 13.5. The van der Waals surface area contributed by atoms with Crippen LogP contribution in [0.1, 0.15) is 107 Å². The van der Waals surface area contributed by atoms with Gasteiger partial charge in [-0.15, -0.1) is 0 Å². The minimum Gasteiger partial charge on any atom is -0.481 e. The summed E-state index contributed by atoms with van der Waals surface area (Å²) in [4.78, 5) is 16.0. The van der Waals surface area contributed by atoms with Gasteiger partial charge in [0, 0.05) is 29.8 Å². The number of carboxylic acid groups (broad SMARTS) is 1. The van der Waals surface area contributed by atoms with Crippen LogP contribution in [0.3, 0.4) is 0 Å². The van der Waals surface area contributed by atoms with Crippen LogP contribution < -0.4 is 0 Å². The van der Waals surface area contributed by atoms with Crippen molar-refractivity contribution in [1.82, 2.24) is 4.98 Å². The largest absolute Gasteiger partial charge is 0.481 e. The van der Waals surface area contributed by atoms with E-state index in [4.69, 9.17) is 14.8 Å². The zero-order valence-electron chi connectivity index (χ0n) is 23.4. The van der Waals surface area contributed by atoms with Crippen molar-refractivity contribution in [2.75, 3.05) is 6.61 Å². The Morgan fingerprint density at radius 2 is 1.68 bits per heavy atom. The lowest BCUT2D eigenvalue weighted by molar-refractivity contribution is -0.139. The molecule has 0 saturated heterocycles. The summed E-state index contributed by atoms with van der Waals surface area (Å²) in [6, 6.07) is 6.35. The van der Waals surface area contributed by atoms with Crippen LogP contribution in [0, 0.1) is 5.82 Å². The van der Waals surface area contributed by atoms with E-state index in [2.05, 4.69) is 34.6 Å². The standard InChI is InChI=1S/C31H44FNO5/c1-6-7-8-9-16-38-19-27-29(22-10-12-23(32)13-11-22)26(30(20(2)3)33-31(27)21(4)5)15-14-24(34)17-25(35)18-28(36)37/h10-15,20-21,24-25,34-35H,6-9,16-19H2,1-5H3,(H,36,37). The summed E-state index contributed by atoms with van der Waals surface area (Å²) in [5.74, 6) is -1.27. The van der Waals surface area contributed by atoms with Crippen molar-refractivity contribution in [2.24, 2.45) is 0 Å². The average Bonchev–Trinajstić information content (AvgIpc) is 2.84. The van der Waals surface area contributed by atoms with Crippen LogP contribution in [0.15, 0.2) is 30.3 Å². The number of aliphatic carboxylic acids is 1. The topological polar surface area (TPSA) is 99.9 Å². The van der Waals surface area contributed by atoms with Crippen LogP contribution in [0.25, 0.3) is 17.2 Å². The summed E-state index contributed by atoms with van der Waals surface area (Å²) in [7, 11) is 0. The van der Waals surface area contributed by atoms with E-state index in [-0.39, 0.29) is 24.1 Å². The number of aliphatic hydroxyl groups is 2. The number of benzene rings is 1. The summed E-state index contributed by atoms with van der Waals surface area (Å²) in [5, 5.41) is 29.4. The molecule has 2 unspecified atom stereocenters. The molecule has 2 rings (SSSR count). The molecule has 2 aromatic rings. The molecule has 0 aliphatic carbocycles. The predicted octanol–water partition coefficient (Wildman–Crippen LogP) is 6.83. The van der Waals surface area contributed by atoms with Gasteiger partial charge in [0.1, 0.15) is 5.82 Å². The van der Waals surface area contributed by atoms with Crippen molar-refractivity contribution in [3.63, 3.8) is 0 Å². The number of pyridine rings is 1. The van der Waals surface area contributed by atoms with Gasteiger partial charge in [-0.1, -0.05) is 78.2 Å². The van der Waals surface area contributed by atoms with Gasteiger partial charge in [-0.2, -0.15) is 0 Å². The minimum absolute atomic E-state index is 0.0603. The number of aromatic nitrogens is 1. The molecule has 0 amide bonds. The Balaban J connectivity index is 2.60. The molecule has 1 heterocycles. The number of rotatable bonds is 16. The Morgan fingerprint density at radius 3 is 2.26 bits per heavy atom. The van der Waals surface area contributed by atoms with E-state index in [1.165, 1.54) is 18.6 Å². The Morgan fingerprint density at radius 1 is 1.03 bits per heavy atom. The fourth-order valence-electron chi connectivity index (χ4n) is 4.51. The summed E-state index contributed by atoms with van der Waals surface area (Å²) >= 11 is 0. The second-order valence-electron chi connectivity index (χ2n) is 10.5. The Labute approximate surface area is 226 Å². The quantitative estimate of drug-likeness (QED) is 0.206. The number of halogens is 1. The molecule has 6 nitrogen and oxygen atoms in total. The van der Waals surface area contributed by atoms with Gasteiger partial charge >= 0.3 is 5.97 Å². The number of aliphatic hydroxyl groups excluding tert-OH is 2. The predicted molar refractivity (Wildman–Crippen MR) is 150 cm³/mol. The van der Waals surface area contributed by atoms with E-state index in [1.807, 2.05) is 0 Å². The Kier molecular flexibility index (Phi) is 13.1. The second kappa shape index (κ2) is 15.7. The zero-order chi connectivity index (χ0) is 28.2. The Hall–Kier alpha value is -2.61. The third kappa shape index (κ3) is 9.61. The number of carbonyl (C=O) groups is 1. The monoisotopic (exact) mass is 529 g/mol. The van der Waals surface area contributed by atoms with Crippen LogP contribution in [0.2, 0.25) is 0 Å². The molecule has 38 heavy (non-hydrogen) atoms. The van der Waals surface area contributed by atoms with Gasteiger partial charge in [0.2, 0.25) is 0 Å². The lowest BCUT2D eigenvalue weighted by Gasteiger charge is -2.24. The summed E-state index contributed by atoms with van der Waals surface area (Å²) in [6.07, 6.45) is 5.02. The highest BCUT2D eigenvalue weighted by atomic mass is 19.1. The van der Waals surface area contributed by atoms with Gasteiger partial charge in [-0.3, -0.25) is 9.78 Å². The maximum atomic E-state index is 13.9. The molecule has 2 atom stereocenters. The number of carboxylic acids is 1. The lowest BCUT2D eigenvalue weighted by atomic mass is 9.87. The molecule has 1 aromatic carbocycles. The highest BCUT2D eigenvalue weighted by Gasteiger charge is 2.23. The molecule has 0 saturated carbocycles. The second-order valence-corrected chi connectivity index (χ2v) is 10.5. The van der Waals surface area contributed by atoms with Crippen molar-refractivity contribution < 1.29 is 29.2 Å². The van der Waals surface area contributed by atoms with Crippen molar-refractivity contribution in [3.05, 3.63) is 58.7 Å². The van der Waals surface area contributed by atoms with Gasteiger partial charge in [-0.05, 0) is 41.5 Å². The van der Waals surface area contributed by atoms with Crippen LogP contribution in [0.4, 0.5) is 4.39 Å². The van der Waals surface area contributed by atoms with Gasteiger partial charge in [-0.25, -0.2) is 4.39 Å². The van der Waals surface area contributed by atoms with E-state index in [0.29, 0.717) is 13.2 Å². The van der Waals surface area contributed by atoms with Crippen LogP contribution in [-0.2, 0) is 16.1 Å². The molecule has 0 bridgehead atoms. The van der Waals surface area contributed by atoms with Gasteiger partial charge in [0.25, 0.3) is 0 Å². The first-order valence-corrected chi connectivity index (χ1v) is 13.7. The van der Waals surface area contributed by atoms with Crippen molar-refractivity contribution in [1.29, 1.82) is 0 Å². The molecular weight excluding hydrogens is 485 g/mol. The number of unbranched alkanes of at least 4 members (excludes halogenated alkanes) is 3. The molecule has 1 aromatic heterocycles. The van der Waals surface area contributed by atoms with E-state index in [0.717, 1.165) is 52.9 Å². The number of hydrogen-bond donors (Lipinski definition) is 3. The third-order valence-corrected chi connectivity index (χ3v) is 6.42. The van der Waals surface area contributed by atoms with E-state index in [1.54, 1.807) is 24.3 Å². The van der Waals surface area contributed by atoms with Crippen molar-refractivity contribution in [3.8, 4) is 11.1 Å². The molecule has 7 heteroatoms. The fraction of sp³-hybridized carbons (Fsp3) is 0.548. The van der Waals surface area contributed by atoms with Crippen LogP contribution in [-0.4, -0.2) is 45.1 Å². The molecule has 0 spiro atoms. The van der Waals surface area contributed by atoms with Gasteiger partial charge in [0.15, 0.2) is 0 Å². The number of hydrogen-bond acceptors (Lipinski definition) is 5. The van der Waals surface area contributed by atoms with Crippen LogP contribution >= 0.6 is 0 Å². The molecule has 0 radical (unpaired) electrons. The maximum Gasteiger partial charge on any atom is 0.305 e. The van der Waals surface area contributed by atoms with Crippen LogP contribution in [0.5, 0.6) is 0 Å². The molecule has 0 aliphatic rings. The first-order chi connectivity index (χ1) is 18.0. The molecule has 0 fully saturated rings. The third-order valence-electron chi connectivity index (χ3n) is 6.42. The van der Waals surface area contributed by atoms with E-state index >= 15 is 0 Å². The van der Waals surface area contributed by atoms with E-state index < -0.39 is 24.6 Å². The summed E-state index contributed by atoms with van der Waals surface area (Å²) < 4.78 is 20.0. The average molecular weight is 530 g/mol. The maximum absolute atomic E-state index is 13.9. The van der Waals surface area contributed by atoms with Crippen molar-refractivity contribution >= 4 is 12.0 Å². The van der Waals surface area contributed by atoms with E-state index in [9.17, 15) is 19.4 Å². The lowest BCUT2D eigenvalue weighted by Crippen LogP contribution is -2.19. The fourth-order valence-corrected chi connectivity index (χ4v) is 4.51. The number of ether oxygens (including phenoxy) is 1. The highest BCUT2D eigenvalue weighted by Crippen LogP contribution is 2.38. The summed E-state index contributed by atoms with van der Waals surface area (Å²) in [6.45, 7) is 11.5. The van der Waals surface area contributed by atoms with Gasteiger partial charge in [0.05, 0.1) is 30.9 Å². The zero-order valence-corrected chi connectivity index (χ0v) is 23.4. The summed E-state index contributed by atoms with van der Waals surface area (Å²) in [5.41, 5.74) is 5.21. The highest BCUT2D eigenvalue weighted by molar-refractivity contribution is 5.80. The first kappa shape index (κ1) is 31.6.